The van der Waals surface area contributed by atoms with Crippen LogP contribution in [0.4, 0.5) is 13.2 Å². The molecular formula is C19H17F3N2O2. The first-order valence-corrected chi connectivity index (χ1v) is 8.22. The first kappa shape index (κ1) is 18.0. The molecule has 2 amide bonds. The zero-order valence-electron chi connectivity index (χ0n) is 13.8. The molecule has 4 nitrogen and oxygen atoms in total. The minimum absolute atomic E-state index is 0.0153. The number of hydrogen-bond donors (Lipinski definition) is 1. The summed E-state index contributed by atoms with van der Waals surface area (Å²) >= 11 is 0. The zero-order chi connectivity index (χ0) is 18.7. The van der Waals surface area contributed by atoms with Crippen LogP contribution < -0.4 is 5.32 Å². The summed E-state index contributed by atoms with van der Waals surface area (Å²) in [4.78, 5) is 26.0. The zero-order valence-corrected chi connectivity index (χ0v) is 13.8. The van der Waals surface area contributed by atoms with Gasteiger partial charge in [-0.3, -0.25) is 9.59 Å². The van der Waals surface area contributed by atoms with Crippen molar-refractivity contribution < 1.29 is 22.8 Å². The average molecular weight is 362 g/mol. The summed E-state index contributed by atoms with van der Waals surface area (Å²) < 4.78 is 40.3. The second kappa shape index (κ2) is 7.59. The van der Waals surface area contributed by atoms with E-state index in [4.69, 9.17) is 0 Å². The molecule has 1 aliphatic carbocycles. The predicted octanol–water partition coefficient (Wildman–Crippen LogP) is 3.02. The topological polar surface area (TPSA) is 49.4 Å². The van der Waals surface area contributed by atoms with Crippen LogP contribution in [0.15, 0.2) is 42.5 Å². The SMILES string of the molecule is O=C(NCC(=O)N(Cc1ccccc1F)C1CC1)c1ccc(F)cc1F. The molecule has 3 rings (SSSR count). The van der Waals surface area contributed by atoms with Crippen molar-refractivity contribution in [2.24, 2.45) is 0 Å². The number of amides is 2. The standard InChI is InChI=1S/C19H17F3N2O2/c20-13-5-8-15(17(22)9-13)19(26)23-10-18(25)24(14-6-7-14)11-12-3-1-2-4-16(12)21/h1-5,8-9,14H,6-7,10-11H2,(H,23,26). The van der Waals surface area contributed by atoms with Crippen LogP contribution in [0, 0.1) is 17.5 Å². The molecule has 2 aromatic carbocycles. The van der Waals surface area contributed by atoms with Crippen LogP contribution in [-0.2, 0) is 11.3 Å². The first-order valence-electron chi connectivity index (χ1n) is 8.22. The maximum absolute atomic E-state index is 13.8. The fourth-order valence-electron chi connectivity index (χ4n) is 2.64. The van der Waals surface area contributed by atoms with E-state index in [2.05, 4.69) is 5.32 Å². The molecule has 0 saturated heterocycles. The lowest BCUT2D eigenvalue weighted by molar-refractivity contribution is -0.131. The van der Waals surface area contributed by atoms with Crippen molar-refractivity contribution in [1.29, 1.82) is 0 Å². The normalized spacial score (nSPS) is 13.3. The largest absolute Gasteiger partial charge is 0.343 e. The van der Waals surface area contributed by atoms with Crippen LogP contribution in [0.2, 0.25) is 0 Å². The van der Waals surface area contributed by atoms with Gasteiger partial charge in [0.25, 0.3) is 5.91 Å². The number of rotatable bonds is 6. The number of nitrogens with one attached hydrogen (secondary N) is 1. The third-order valence-electron chi connectivity index (χ3n) is 4.18. The van der Waals surface area contributed by atoms with Crippen LogP contribution in [-0.4, -0.2) is 29.3 Å². The van der Waals surface area contributed by atoms with Gasteiger partial charge in [0, 0.05) is 24.2 Å². The average Bonchev–Trinajstić information content (AvgIpc) is 3.43. The Bertz CT molecular complexity index is 837. The molecule has 0 aliphatic heterocycles. The first-order chi connectivity index (χ1) is 12.5. The van der Waals surface area contributed by atoms with E-state index in [1.54, 1.807) is 18.2 Å². The van der Waals surface area contributed by atoms with E-state index in [0.29, 0.717) is 11.6 Å². The van der Waals surface area contributed by atoms with Gasteiger partial charge in [0.1, 0.15) is 17.5 Å². The summed E-state index contributed by atoms with van der Waals surface area (Å²) in [5, 5.41) is 2.34. The van der Waals surface area contributed by atoms with Crippen molar-refractivity contribution in [2.75, 3.05) is 6.54 Å². The van der Waals surface area contributed by atoms with Gasteiger partial charge in [-0.2, -0.15) is 0 Å². The molecule has 1 fully saturated rings. The highest BCUT2D eigenvalue weighted by atomic mass is 19.1. The molecule has 0 aromatic heterocycles. The Morgan fingerprint density at radius 1 is 1.04 bits per heavy atom. The van der Waals surface area contributed by atoms with Crippen molar-refractivity contribution in [3.8, 4) is 0 Å². The molecule has 0 radical (unpaired) electrons. The Labute approximate surface area is 148 Å². The van der Waals surface area contributed by atoms with Gasteiger partial charge in [-0.25, -0.2) is 13.2 Å². The molecule has 1 N–H and O–H groups in total. The van der Waals surface area contributed by atoms with E-state index in [0.717, 1.165) is 25.0 Å². The van der Waals surface area contributed by atoms with Gasteiger partial charge in [-0.1, -0.05) is 18.2 Å². The summed E-state index contributed by atoms with van der Waals surface area (Å²) in [5.74, 6) is -3.38. The number of nitrogens with zero attached hydrogens (tertiary/aromatic N) is 1. The molecule has 1 aliphatic rings. The smallest absolute Gasteiger partial charge is 0.254 e. The van der Waals surface area contributed by atoms with E-state index < -0.39 is 23.4 Å². The summed E-state index contributed by atoms with van der Waals surface area (Å²) in [7, 11) is 0. The lowest BCUT2D eigenvalue weighted by Crippen LogP contribution is -2.41. The van der Waals surface area contributed by atoms with Crippen LogP contribution in [0.25, 0.3) is 0 Å². The second-order valence-electron chi connectivity index (χ2n) is 6.15. The molecule has 26 heavy (non-hydrogen) atoms. The minimum Gasteiger partial charge on any atom is -0.343 e. The second-order valence-corrected chi connectivity index (χ2v) is 6.15. The van der Waals surface area contributed by atoms with Gasteiger partial charge < -0.3 is 10.2 Å². The van der Waals surface area contributed by atoms with Gasteiger partial charge in [0.2, 0.25) is 5.91 Å². The number of carbonyl (C=O) groups is 2. The monoisotopic (exact) mass is 362 g/mol. The molecule has 2 aromatic rings. The third kappa shape index (κ3) is 4.22. The van der Waals surface area contributed by atoms with Gasteiger partial charge >= 0.3 is 0 Å². The predicted molar refractivity (Wildman–Crippen MR) is 88.7 cm³/mol. The van der Waals surface area contributed by atoms with E-state index in [1.165, 1.54) is 11.0 Å². The Morgan fingerprint density at radius 2 is 1.77 bits per heavy atom. The van der Waals surface area contributed by atoms with Crippen LogP contribution in [0.3, 0.4) is 0 Å². The highest BCUT2D eigenvalue weighted by Crippen LogP contribution is 2.28. The Hall–Kier alpha value is -2.83. The number of hydrogen-bond acceptors (Lipinski definition) is 2. The molecule has 0 unspecified atom stereocenters. The quantitative estimate of drug-likeness (QED) is 0.859. The Morgan fingerprint density at radius 3 is 2.42 bits per heavy atom. The van der Waals surface area contributed by atoms with Gasteiger partial charge in [0.05, 0.1) is 12.1 Å². The van der Waals surface area contributed by atoms with Crippen LogP contribution >= 0.6 is 0 Å². The van der Waals surface area contributed by atoms with E-state index in [-0.39, 0.29) is 30.6 Å². The maximum atomic E-state index is 13.8. The lowest BCUT2D eigenvalue weighted by atomic mass is 10.2. The van der Waals surface area contributed by atoms with Gasteiger partial charge in [-0.05, 0) is 31.0 Å². The molecular weight excluding hydrogens is 345 g/mol. The Kier molecular flexibility index (Phi) is 5.25. The number of benzene rings is 2. The van der Waals surface area contributed by atoms with E-state index >= 15 is 0 Å². The van der Waals surface area contributed by atoms with Crippen LogP contribution in [0.1, 0.15) is 28.8 Å². The van der Waals surface area contributed by atoms with Crippen molar-refractivity contribution in [2.45, 2.75) is 25.4 Å². The number of halogens is 3. The molecule has 1 saturated carbocycles. The molecule has 0 atom stereocenters. The fourth-order valence-corrected chi connectivity index (χ4v) is 2.64. The summed E-state index contributed by atoms with van der Waals surface area (Å²) in [6.07, 6.45) is 1.64. The van der Waals surface area contributed by atoms with Crippen LogP contribution in [0.5, 0.6) is 0 Å². The molecule has 7 heteroatoms. The minimum atomic E-state index is -1.000. The van der Waals surface area contributed by atoms with E-state index in [1.807, 2.05) is 0 Å². The van der Waals surface area contributed by atoms with E-state index in [9.17, 15) is 22.8 Å². The number of carbonyl (C=O) groups excluding carboxylic acids is 2. The fraction of sp³-hybridized carbons (Fsp3) is 0.263. The van der Waals surface area contributed by atoms with Gasteiger partial charge in [-0.15, -0.1) is 0 Å². The highest BCUT2D eigenvalue weighted by molar-refractivity contribution is 5.96. The molecule has 0 bridgehead atoms. The Balaban J connectivity index is 1.63. The summed E-state index contributed by atoms with van der Waals surface area (Å²) in [5.41, 5.74) is 0.0509. The molecule has 0 heterocycles. The van der Waals surface area contributed by atoms with Gasteiger partial charge in [0.15, 0.2) is 0 Å². The van der Waals surface area contributed by atoms with Crippen molar-refractivity contribution in [3.05, 3.63) is 71.0 Å². The van der Waals surface area contributed by atoms with Crippen molar-refractivity contribution in [1.82, 2.24) is 10.2 Å². The molecule has 136 valence electrons. The maximum Gasteiger partial charge on any atom is 0.254 e. The summed E-state index contributed by atoms with van der Waals surface area (Å²) in [6, 6.07) is 8.78. The third-order valence-corrected chi connectivity index (χ3v) is 4.18. The highest BCUT2D eigenvalue weighted by Gasteiger charge is 2.33. The van der Waals surface area contributed by atoms with Crippen molar-refractivity contribution >= 4 is 11.8 Å². The van der Waals surface area contributed by atoms with Crippen molar-refractivity contribution in [3.63, 3.8) is 0 Å². The summed E-state index contributed by atoms with van der Waals surface area (Å²) in [6.45, 7) is -0.239. The molecule has 0 spiro atoms. The lowest BCUT2D eigenvalue weighted by Gasteiger charge is -2.23.